The number of hydrogen-bond acceptors (Lipinski definition) is 3. The van der Waals surface area contributed by atoms with Crippen molar-refractivity contribution in [1.29, 1.82) is 0 Å². The van der Waals surface area contributed by atoms with E-state index in [2.05, 4.69) is 5.32 Å². The van der Waals surface area contributed by atoms with Crippen LogP contribution in [0.15, 0.2) is 54.6 Å². The van der Waals surface area contributed by atoms with Crippen molar-refractivity contribution in [3.05, 3.63) is 54.6 Å². The van der Waals surface area contributed by atoms with Crippen LogP contribution in [-0.2, 0) is 9.59 Å². The fourth-order valence-electron chi connectivity index (χ4n) is 2.88. The summed E-state index contributed by atoms with van der Waals surface area (Å²) in [6.07, 6.45) is 0.327. The van der Waals surface area contributed by atoms with E-state index in [1.807, 2.05) is 68.4 Å². The van der Waals surface area contributed by atoms with E-state index in [1.165, 1.54) is 0 Å². The van der Waals surface area contributed by atoms with Crippen molar-refractivity contribution in [2.45, 2.75) is 26.4 Å². The molecule has 0 spiro atoms. The molecule has 1 heterocycles. The Bertz CT molecular complexity index is 741. The lowest BCUT2D eigenvalue weighted by Crippen LogP contribution is -2.28. The van der Waals surface area contributed by atoms with E-state index in [4.69, 9.17) is 4.74 Å². The molecule has 130 valence electrons. The summed E-state index contributed by atoms with van der Waals surface area (Å²) in [4.78, 5) is 26.4. The minimum absolute atomic E-state index is 0.0364. The molecule has 5 heteroatoms. The van der Waals surface area contributed by atoms with Crippen LogP contribution in [-0.4, -0.2) is 24.5 Å². The van der Waals surface area contributed by atoms with Crippen molar-refractivity contribution in [2.75, 3.05) is 16.8 Å². The Labute approximate surface area is 147 Å². The number of ether oxygens (including phenoxy) is 1. The van der Waals surface area contributed by atoms with Gasteiger partial charge in [-0.15, -0.1) is 0 Å². The smallest absolute Gasteiger partial charge is 0.229 e. The van der Waals surface area contributed by atoms with Gasteiger partial charge in [-0.1, -0.05) is 18.2 Å². The highest BCUT2D eigenvalue weighted by molar-refractivity contribution is 6.03. The van der Waals surface area contributed by atoms with E-state index in [0.29, 0.717) is 6.54 Å². The molecular weight excluding hydrogens is 316 g/mol. The number of carbonyl (C=O) groups excluding carboxylic acids is 2. The third kappa shape index (κ3) is 4.18. The van der Waals surface area contributed by atoms with Crippen LogP contribution in [0, 0.1) is 5.92 Å². The average molecular weight is 338 g/mol. The number of rotatable bonds is 5. The Morgan fingerprint density at radius 1 is 1.12 bits per heavy atom. The Kier molecular flexibility index (Phi) is 5.03. The first-order valence-electron chi connectivity index (χ1n) is 8.46. The third-order valence-electron chi connectivity index (χ3n) is 4.06. The van der Waals surface area contributed by atoms with Crippen LogP contribution < -0.4 is 15.0 Å². The SMILES string of the molecule is CC(C)Oc1ccc(N2CC(C(=O)Nc3ccccc3)CC2=O)cc1. The molecule has 2 amide bonds. The maximum atomic E-state index is 12.4. The zero-order valence-corrected chi connectivity index (χ0v) is 14.4. The van der Waals surface area contributed by atoms with Crippen molar-refractivity contribution in [3.8, 4) is 5.75 Å². The van der Waals surface area contributed by atoms with Gasteiger partial charge in [0.15, 0.2) is 0 Å². The predicted molar refractivity (Wildman–Crippen MR) is 97.7 cm³/mol. The summed E-state index contributed by atoms with van der Waals surface area (Å²) in [5.74, 6) is 0.260. The molecule has 0 aliphatic carbocycles. The zero-order chi connectivity index (χ0) is 17.8. The zero-order valence-electron chi connectivity index (χ0n) is 14.4. The first kappa shape index (κ1) is 17.0. The summed E-state index contributed by atoms with van der Waals surface area (Å²) in [7, 11) is 0. The Balaban J connectivity index is 1.65. The summed E-state index contributed by atoms with van der Waals surface area (Å²) < 4.78 is 5.62. The van der Waals surface area contributed by atoms with Gasteiger partial charge in [-0.05, 0) is 50.2 Å². The van der Waals surface area contributed by atoms with Gasteiger partial charge < -0.3 is 15.0 Å². The monoisotopic (exact) mass is 338 g/mol. The third-order valence-corrected chi connectivity index (χ3v) is 4.06. The number of hydrogen-bond donors (Lipinski definition) is 1. The van der Waals surface area contributed by atoms with Crippen molar-refractivity contribution in [3.63, 3.8) is 0 Å². The summed E-state index contributed by atoms with van der Waals surface area (Å²) in [5, 5.41) is 2.87. The number of benzene rings is 2. The molecule has 5 nitrogen and oxygen atoms in total. The normalized spacial score (nSPS) is 17.0. The number of nitrogens with one attached hydrogen (secondary N) is 1. The highest BCUT2D eigenvalue weighted by Gasteiger charge is 2.35. The minimum atomic E-state index is -0.348. The summed E-state index contributed by atoms with van der Waals surface area (Å²) in [6.45, 7) is 4.32. The van der Waals surface area contributed by atoms with Gasteiger partial charge in [0.25, 0.3) is 0 Å². The van der Waals surface area contributed by atoms with Crippen molar-refractivity contribution < 1.29 is 14.3 Å². The van der Waals surface area contributed by atoms with Crippen LogP contribution >= 0.6 is 0 Å². The fourth-order valence-corrected chi connectivity index (χ4v) is 2.88. The van der Waals surface area contributed by atoms with Gasteiger partial charge in [-0.3, -0.25) is 9.59 Å². The van der Waals surface area contributed by atoms with Gasteiger partial charge in [0.05, 0.1) is 12.0 Å². The van der Waals surface area contributed by atoms with E-state index in [1.54, 1.807) is 4.90 Å². The molecule has 1 unspecified atom stereocenters. The van der Waals surface area contributed by atoms with Crippen LogP contribution in [0.25, 0.3) is 0 Å². The lowest BCUT2D eigenvalue weighted by atomic mass is 10.1. The first-order chi connectivity index (χ1) is 12.0. The molecule has 1 aliphatic rings. The highest BCUT2D eigenvalue weighted by Crippen LogP contribution is 2.27. The lowest BCUT2D eigenvalue weighted by Gasteiger charge is -2.18. The van der Waals surface area contributed by atoms with E-state index >= 15 is 0 Å². The summed E-state index contributed by atoms with van der Waals surface area (Å²) >= 11 is 0. The molecule has 2 aromatic carbocycles. The maximum Gasteiger partial charge on any atom is 0.229 e. The van der Waals surface area contributed by atoms with E-state index in [0.717, 1.165) is 17.1 Å². The molecule has 2 aromatic rings. The second-order valence-corrected chi connectivity index (χ2v) is 6.42. The number of anilines is 2. The van der Waals surface area contributed by atoms with Crippen LogP contribution in [0.2, 0.25) is 0 Å². The molecule has 1 aliphatic heterocycles. The Hall–Kier alpha value is -2.82. The van der Waals surface area contributed by atoms with Crippen molar-refractivity contribution >= 4 is 23.2 Å². The van der Waals surface area contributed by atoms with Gasteiger partial charge in [-0.2, -0.15) is 0 Å². The van der Waals surface area contributed by atoms with Gasteiger partial charge in [0, 0.05) is 24.3 Å². The van der Waals surface area contributed by atoms with E-state index in [-0.39, 0.29) is 30.3 Å². The van der Waals surface area contributed by atoms with Crippen LogP contribution in [0.1, 0.15) is 20.3 Å². The van der Waals surface area contributed by atoms with E-state index in [9.17, 15) is 9.59 Å². The molecule has 1 fully saturated rings. The molecule has 0 saturated carbocycles. The molecule has 3 rings (SSSR count). The summed E-state index contributed by atoms with van der Waals surface area (Å²) in [6, 6.07) is 16.7. The highest BCUT2D eigenvalue weighted by atomic mass is 16.5. The van der Waals surface area contributed by atoms with Crippen molar-refractivity contribution in [2.24, 2.45) is 5.92 Å². The number of nitrogens with zero attached hydrogens (tertiary/aromatic N) is 1. The summed E-state index contributed by atoms with van der Waals surface area (Å²) in [5.41, 5.74) is 1.53. The molecule has 25 heavy (non-hydrogen) atoms. The molecule has 1 N–H and O–H groups in total. The predicted octanol–water partition coefficient (Wildman–Crippen LogP) is 3.47. The molecule has 0 radical (unpaired) electrons. The number of amides is 2. The largest absolute Gasteiger partial charge is 0.491 e. The van der Waals surface area contributed by atoms with Gasteiger partial charge in [-0.25, -0.2) is 0 Å². The van der Waals surface area contributed by atoms with Crippen molar-refractivity contribution in [1.82, 2.24) is 0 Å². The first-order valence-corrected chi connectivity index (χ1v) is 8.46. The fraction of sp³-hybridized carbons (Fsp3) is 0.300. The van der Waals surface area contributed by atoms with E-state index < -0.39 is 0 Å². The second kappa shape index (κ2) is 7.38. The van der Waals surface area contributed by atoms with Gasteiger partial charge in [0.1, 0.15) is 5.75 Å². The topological polar surface area (TPSA) is 58.6 Å². The van der Waals surface area contributed by atoms with Crippen LogP contribution in [0.5, 0.6) is 5.75 Å². The molecule has 1 saturated heterocycles. The van der Waals surface area contributed by atoms with Gasteiger partial charge >= 0.3 is 0 Å². The van der Waals surface area contributed by atoms with Crippen LogP contribution in [0.3, 0.4) is 0 Å². The lowest BCUT2D eigenvalue weighted by molar-refractivity contribution is -0.122. The quantitative estimate of drug-likeness (QED) is 0.908. The van der Waals surface area contributed by atoms with Crippen LogP contribution in [0.4, 0.5) is 11.4 Å². The minimum Gasteiger partial charge on any atom is -0.491 e. The average Bonchev–Trinajstić information content (AvgIpc) is 2.98. The number of carbonyl (C=O) groups is 2. The molecular formula is C20H22N2O3. The Morgan fingerprint density at radius 2 is 1.80 bits per heavy atom. The second-order valence-electron chi connectivity index (χ2n) is 6.42. The molecule has 1 atom stereocenters. The Morgan fingerprint density at radius 3 is 2.44 bits per heavy atom. The number of para-hydroxylation sites is 1. The maximum absolute atomic E-state index is 12.4. The molecule has 0 bridgehead atoms. The standard InChI is InChI=1S/C20H22N2O3/c1-14(2)25-18-10-8-17(9-11-18)22-13-15(12-19(22)23)20(24)21-16-6-4-3-5-7-16/h3-11,14-15H,12-13H2,1-2H3,(H,21,24). The van der Waals surface area contributed by atoms with Gasteiger partial charge in [0.2, 0.25) is 11.8 Å². The molecule has 0 aromatic heterocycles.